The summed E-state index contributed by atoms with van der Waals surface area (Å²) >= 11 is 0. The third-order valence-corrected chi connectivity index (χ3v) is 5.61. The molecular formula is C19H23N5O. The van der Waals surface area contributed by atoms with Crippen LogP contribution in [0.5, 0.6) is 5.75 Å². The standard InChI is InChI=1S/C19H23N5O/c1-12-10-25-16-5-3-4-15-18(16)24(12)19(22-15)23-8-6-14(7-9-23)17-13(2)20-11-21-17/h3-5,11-12,14H,6-10H2,1-2H3,(H,20,21)/t12-/m1/s1. The Kier molecular flexibility index (Phi) is 3.26. The monoisotopic (exact) mass is 337 g/mol. The van der Waals surface area contributed by atoms with Crippen molar-refractivity contribution in [2.45, 2.75) is 38.6 Å². The van der Waals surface area contributed by atoms with Gasteiger partial charge in [0.25, 0.3) is 0 Å². The molecule has 2 aromatic heterocycles. The molecule has 2 aliphatic heterocycles. The Morgan fingerprint density at radius 1 is 1.24 bits per heavy atom. The predicted octanol–water partition coefficient (Wildman–Crippen LogP) is 3.41. The molecule has 2 aliphatic rings. The van der Waals surface area contributed by atoms with E-state index in [9.17, 15) is 0 Å². The number of H-pyrrole nitrogens is 1. The summed E-state index contributed by atoms with van der Waals surface area (Å²) in [5.74, 6) is 2.59. The molecule has 1 fully saturated rings. The molecule has 130 valence electrons. The summed E-state index contributed by atoms with van der Waals surface area (Å²) in [6.07, 6.45) is 4.05. The fourth-order valence-corrected chi connectivity index (χ4v) is 4.28. The third-order valence-electron chi connectivity index (χ3n) is 5.61. The lowest BCUT2D eigenvalue weighted by Gasteiger charge is -2.34. The van der Waals surface area contributed by atoms with E-state index in [0.29, 0.717) is 18.6 Å². The van der Waals surface area contributed by atoms with E-state index >= 15 is 0 Å². The van der Waals surface area contributed by atoms with Crippen molar-refractivity contribution < 1.29 is 4.74 Å². The first-order valence-corrected chi connectivity index (χ1v) is 9.11. The Bertz CT molecular complexity index is 919. The van der Waals surface area contributed by atoms with Crippen molar-refractivity contribution in [2.24, 2.45) is 0 Å². The molecular weight excluding hydrogens is 314 g/mol. The van der Waals surface area contributed by atoms with Gasteiger partial charge in [0.2, 0.25) is 5.95 Å². The molecule has 4 heterocycles. The lowest BCUT2D eigenvalue weighted by molar-refractivity contribution is 0.248. The summed E-state index contributed by atoms with van der Waals surface area (Å²) in [6.45, 7) is 7.06. The minimum atomic E-state index is 0.307. The van der Waals surface area contributed by atoms with Crippen LogP contribution < -0.4 is 9.64 Å². The molecule has 3 aromatic rings. The van der Waals surface area contributed by atoms with E-state index in [0.717, 1.165) is 48.7 Å². The lowest BCUT2D eigenvalue weighted by Crippen LogP contribution is -2.36. The molecule has 1 aromatic carbocycles. The number of para-hydroxylation sites is 1. The van der Waals surface area contributed by atoms with Crippen molar-refractivity contribution in [3.63, 3.8) is 0 Å². The number of benzene rings is 1. The predicted molar refractivity (Wildman–Crippen MR) is 97.5 cm³/mol. The first-order chi connectivity index (χ1) is 12.2. The zero-order valence-corrected chi connectivity index (χ0v) is 14.7. The summed E-state index contributed by atoms with van der Waals surface area (Å²) in [6, 6.07) is 6.46. The number of nitrogens with one attached hydrogen (secondary N) is 1. The van der Waals surface area contributed by atoms with Gasteiger partial charge < -0.3 is 19.2 Å². The number of aryl methyl sites for hydroxylation is 1. The highest BCUT2D eigenvalue weighted by atomic mass is 16.5. The van der Waals surface area contributed by atoms with Gasteiger partial charge >= 0.3 is 0 Å². The van der Waals surface area contributed by atoms with Gasteiger partial charge in [-0.05, 0) is 38.8 Å². The van der Waals surface area contributed by atoms with Crippen molar-refractivity contribution in [3.05, 3.63) is 35.9 Å². The smallest absolute Gasteiger partial charge is 0.207 e. The number of imidazole rings is 2. The molecule has 0 bridgehead atoms. The van der Waals surface area contributed by atoms with Crippen molar-refractivity contribution >= 4 is 17.0 Å². The van der Waals surface area contributed by atoms with E-state index in [4.69, 9.17) is 9.72 Å². The molecule has 5 rings (SSSR count). The van der Waals surface area contributed by atoms with E-state index < -0.39 is 0 Å². The first kappa shape index (κ1) is 14.8. The molecule has 25 heavy (non-hydrogen) atoms. The number of hydrogen-bond donors (Lipinski definition) is 1. The first-order valence-electron chi connectivity index (χ1n) is 9.11. The highest BCUT2D eigenvalue weighted by molar-refractivity contribution is 5.85. The number of aromatic nitrogens is 4. The maximum atomic E-state index is 5.90. The van der Waals surface area contributed by atoms with Crippen LogP contribution in [0.15, 0.2) is 24.5 Å². The van der Waals surface area contributed by atoms with Gasteiger partial charge in [0.05, 0.1) is 23.6 Å². The molecule has 0 radical (unpaired) electrons. The van der Waals surface area contributed by atoms with Crippen LogP contribution in [0.25, 0.3) is 11.0 Å². The summed E-state index contributed by atoms with van der Waals surface area (Å²) in [4.78, 5) is 15.1. The largest absolute Gasteiger partial charge is 0.489 e. The summed E-state index contributed by atoms with van der Waals surface area (Å²) in [5, 5.41) is 0. The Balaban J connectivity index is 1.46. The van der Waals surface area contributed by atoms with Crippen LogP contribution in [0, 0.1) is 6.92 Å². The molecule has 0 saturated carbocycles. The van der Waals surface area contributed by atoms with Gasteiger partial charge in [-0.1, -0.05) is 6.07 Å². The topological polar surface area (TPSA) is 59.0 Å². The average molecular weight is 337 g/mol. The second-order valence-electron chi connectivity index (χ2n) is 7.24. The molecule has 1 N–H and O–H groups in total. The molecule has 0 aliphatic carbocycles. The molecule has 1 atom stereocenters. The Morgan fingerprint density at radius 3 is 2.84 bits per heavy atom. The highest BCUT2D eigenvalue weighted by Gasteiger charge is 2.30. The molecule has 0 amide bonds. The lowest BCUT2D eigenvalue weighted by atomic mass is 9.93. The summed E-state index contributed by atoms with van der Waals surface area (Å²) < 4.78 is 8.27. The fourth-order valence-electron chi connectivity index (χ4n) is 4.28. The van der Waals surface area contributed by atoms with Gasteiger partial charge in [-0.2, -0.15) is 0 Å². The van der Waals surface area contributed by atoms with Crippen LogP contribution in [0.3, 0.4) is 0 Å². The van der Waals surface area contributed by atoms with Gasteiger partial charge in [-0.25, -0.2) is 9.97 Å². The number of rotatable bonds is 2. The quantitative estimate of drug-likeness (QED) is 0.778. The second-order valence-corrected chi connectivity index (χ2v) is 7.24. The van der Waals surface area contributed by atoms with Crippen molar-refractivity contribution in [1.29, 1.82) is 0 Å². The van der Waals surface area contributed by atoms with Gasteiger partial charge in [0, 0.05) is 24.7 Å². The number of hydrogen-bond acceptors (Lipinski definition) is 4. The van der Waals surface area contributed by atoms with Crippen LogP contribution in [0.1, 0.15) is 43.1 Å². The molecule has 0 spiro atoms. The van der Waals surface area contributed by atoms with Crippen molar-refractivity contribution in [3.8, 4) is 5.75 Å². The van der Waals surface area contributed by atoms with E-state index in [2.05, 4.69) is 39.3 Å². The van der Waals surface area contributed by atoms with Gasteiger partial charge in [-0.3, -0.25) is 0 Å². The minimum absolute atomic E-state index is 0.307. The molecule has 6 heteroatoms. The van der Waals surface area contributed by atoms with Crippen LogP contribution in [-0.2, 0) is 0 Å². The minimum Gasteiger partial charge on any atom is -0.489 e. The third kappa shape index (κ3) is 2.23. The van der Waals surface area contributed by atoms with E-state index in [1.165, 1.54) is 11.4 Å². The number of nitrogens with zero attached hydrogens (tertiary/aromatic N) is 4. The van der Waals surface area contributed by atoms with Crippen LogP contribution in [0.2, 0.25) is 0 Å². The number of anilines is 1. The van der Waals surface area contributed by atoms with Crippen LogP contribution >= 0.6 is 0 Å². The maximum absolute atomic E-state index is 5.90. The highest BCUT2D eigenvalue weighted by Crippen LogP contribution is 2.38. The van der Waals surface area contributed by atoms with Gasteiger partial charge in [-0.15, -0.1) is 0 Å². The number of ether oxygens (including phenoxy) is 1. The van der Waals surface area contributed by atoms with Crippen LogP contribution in [-0.4, -0.2) is 39.2 Å². The van der Waals surface area contributed by atoms with Gasteiger partial charge in [0.15, 0.2) is 0 Å². The molecule has 1 saturated heterocycles. The zero-order chi connectivity index (χ0) is 17.0. The Hall–Kier alpha value is -2.50. The number of piperidine rings is 1. The van der Waals surface area contributed by atoms with E-state index in [1.54, 1.807) is 0 Å². The Labute approximate surface area is 146 Å². The van der Waals surface area contributed by atoms with Gasteiger partial charge in [0.1, 0.15) is 17.9 Å². The Morgan fingerprint density at radius 2 is 2.08 bits per heavy atom. The zero-order valence-electron chi connectivity index (χ0n) is 14.7. The molecule has 6 nitrogen and oxygen atoms in total. The summed E-state index contributed by atoms with van der Waals surface area (Å²) in [5.41, 5.74) is 4.61. The van der Waals surface area contributed by atoms with Crippen LogP contribution in [0.4, 0.5) is 5.95 Å². The van der Waals surface area contributed by atoms with Crippen molar-refractivity contribution in [1.82, 2.24) is 19.5 Å². The van der Waals surface area contributed by atoms with Crippen molar-refractivity contribution in [2.75, 3.05) is 24.6 Å². The normalized spacial score (nSPS) is 20.9. The summed E-state index contributed by atoms with van der Waals surface area (Å²) in [7, 11) is 0. The second kappa shape index (κ2) is 5.51. The average Bonchev–Trinajstić information content (AvgIpc) is 3.23. The molecule has 0 unspecified atom stereocenters. The van der Waals surface area contributed by atoms with E-state index in [-0.39, 0.29) is 0 Å². The number of aromatic amines is 1. The maximum Gasteiger partial charge on any atom is 0.207 e. The van der Waals surface area contributed by atoms with E-state index in [1.807, 2.05) is 18.5 Å². The SMILES string of the molecule is Cc1[nH]cnc1C1CCN(c2nc3cccc4c3n2[C@H](C)CO4)CC1. The fraction of sp³-hybridized carbons (Fsp3) is 0.474.